The standard InChI is InChI=1S/C9H14F2N2/c1-12-4-3-8(5-12)6-13(2)7-9(8,10)11/h3-4H,5-7H2,1-2H3. The molecule has 0 bridgehead atoms. The Hall–Kier alpha value is -0.640. The van der Waals surface area contributed by atoms with E-state index in [4.69, 9.17) is 0 Å². The summed E-state index contributed by atoms with van der Waals surface area (Å²) in [6.07, 6.45) is 3.42. The third-order valence-electron chi connectivity index (χ3n) is 2.93. The van der Waals surface area contributed by atoms with Crippen molar-refractivity contribution in [1.29, 1.82) is 0 Å². The lowest BCUT2D eigenvalue weighted by Crippen LogP contribution is -2.42. The Balaban J connectivity index is 2.28. The van der Waals surface area contributed by atoms with E-state index < -0.39 is 11.3 Å². The third-order valence-corrected chi connectivity index (χ3v) is 2.93. The number of hydrogen-bond donors (Lipinski definition) is 0. The average Bonchev–Trinajstić information content (AvgIpc) is 2.39. The van der Waals surface area contributed by atoms with Crippen molar-refractivity contribution in [3.05, 3.63) is 12.3 Å². The van der Waals surface area contributed by atoms with Gasteiger partial charge in [0.25, 0.3) is 5.92 Å². The van der Waals surface area contributed by atoms with Gasteiger partial charge in [-0.2, -0.15) is 0 Å². The van der Waals surface area contributed by atoms with Crippen LogP contribution in [0.3, 0.4) is 0 Å². The number of likely N-dealkylation sites (tertiary alicyclic amines) is 1. The van der Waals surface area contributed by atoms with Crippen molar-refractivity contribution in [2.75, 3.05) is 33.7 Å². The molecule has 4 heteroatoms. The van der Waals surface area contributed by atoms with Crippen LogP contribution in [-0.4, -0.2) is 49.5 Å². The minimum atomic E-state index is -2.58. The molecule has 0 aromatic rings. The minimum absolute atomic E-state index is 0.120. The smallest absolute Gasteiger partial charge is 0.272 e. The van der Waals surface area contributed by atoms with Gasteiger partial charge in [0.05, 0.1) is 12.0 Å². The second-order valence-corrected chi connectivity index (χ2v) is 4.26. The van der Waals surface area contributed by atoms with Crippen LogP contribution in [0.15, 0.2) is 12.3 Å². The van der Waals surface area contributed by atoms with Crippen molar-refractivity contribution in [3.63, 3.8) is 0 Å². The molecule has 0 saturated carbocycles. The van der Waals surface area contributed by atoms with Gasteiger partial charge in [-0.3, -0.25) is 4.90 Å². The summed E-state index contributed by atoms with van der Waals surface area (Å²) in [5.41, 5.74) is -0.934. The molecular weight excluding hydrogens is 174 g/mol. The highest BCUT2D eigenvalue weighted by molar-refractivity contribution is 5.18. The van der Waals surface area contributed by atoms with Crippen LogP contribution >= 0.6 is 0 Å². The molecule has 2 rings (SSSR count). The van der Waals surface area contributed by atoms with Gasteiger partial charge in [0.2, 0.25) is 0 Å². The molecule has 0 radical (unpaired) electrons. The van der Waals surface area contributed by atoms with E-state index >= 15 is 0 Å². The summed E-state index contributed by atoms with van der Waals surface area (Å²) in [7, 11) is 3.58. The molecule has 2 aliphatic heterocycles. The lowest BCUT2D eigenvalue weighted by molar-refractivity contribution is -0.0612. The highest BCUT2D eigenvalue weighted by Crippen LogP contribution is 2.47. The maximum Gasteiger partial charge on any atom is 0.272 e. The first kappa shape index (κ1) is 8.94. The van der Waals surface area contributed by atoms with Gasteiger partial charge in [-0.1, -0.05) is 6.08 Å². The molecule has 1 atom stereocenters. The lowest BCUT2D eigenvalue weighted by atomic mass is 9.85. The second kappa shape index (κ2) is 2.44. The van der Waals surface area contributed by atoms with Gasteiger partial charge < -0.3 is 4.90 Å². The number of rotatable bonds is 0. The Morgan fingerprint density at radius 3 is 2.23 bits per heavy atom. The Kier molecular flexibility index (Phi) is 1.68. The molecule has 2 heterocycles. The van der Waals surface area contributed by atoms with Crippen molar-refractivity contribution in [2.45, 2.75) is 5.92 Å². The van der Waals surface area contributed by atoms with Crippen molar-refractivity contribution in [3.8, 4) is 0 Å². The zero-order chi connectivity index (χ0) is 9.69. The normalized spacial score (nSPS) is 38.0. The van der Waals surface area contributed by atoms with E-state index in [1.54, 1.807) is 24.2 Å². The summed E-state index contributed by atoms with van der Waals surface area (Å²) in [6.45, 7) is 0.774. The fraction of sp³-hybridized carbons (Fsp3) is 0.778. The van der Waals surface area contributed by atoms with E-state index in [9.17, 15) is 8.78 Å². The summed E-state index contributed by atoms with van der Waals surface area (Å²) in [4.78, 5) is 3.52. The first-order valence-corrected chi connectivity index (χ1v) is 4.41. The summed E-state index contributed by atoms with van der Waals surface area (Å²) >= 11 is 0. The number of alkyl halides is 2. The van der Waals surface area contributed by atoms with Crippen molar-refractivity contribution in [2.24, 2.45) is 5.41 Å². The van der Waals surface area contributed by atoms with Crippen molar-refractivity contribution < 1.29 is 8.78 Å². The highest BCUT2D eigenvalue weighted by Gasteiger charge is 2.59. The minimum Gasteiger partial charge on any atom is -0.380 e. The Labute approximate surface area is 76.8 Å². The predicted molar refractivity (Wildman–Crippen MR) is 46.6 cm³/mol. The topological polar surface area (TPSA) is 6.48 Å². The van der Waals surface area contributed by atoms with E-state index in [-0.39, 0.29) is 6.54 Å². The maximum absolute atomic E-state index is 13.6. The summed E-state index contributed by atoms with van der Waals surface area (Å²) in [5, 5.41) is 0. The predicted octanol–water partition coefficient (Wildman–Crippen LogP) is 1.01. The van der Waals surface area contributed by atoms with Crippen LogP contribution in [-0.2, 0) is 0 Å². The Morgan fingerprint density at radius 1 is 1.15 bits per heavy atom. The van der Waals surface area contributed by atoms with Crippen LogP contribution in [0, 0.1) is 5.41 Å². The fourth-order valence-electron chi connectivity index (χ4n) is 2.31. The maximum atomic E-state index is 13.6. The zero-order valence-corrected chi connectivity index (χ0v) is 7.93. The summed E-state index contributed by atoms with van der Waals surface area (Å²) in [5.74, 6) is -2.58. The van der Waals surface area contributed by atoms with Crippen molar-refractivity contribution in [1.82, 2.24) is 9.80 Å². The number of halogens is 2. The molecule has 2 aliphatic rings. The molecule has 1 spiro atoms. The van der Waals surface area contributed by atoms with Gasteiger partial charge in [-0.05, 0) is 13.2 Å². The summed E-state index contributed by atoms with van der Waals surface area (Å²) < 4.78 is 27.2. The van der Waals surface area contributed by atoms with E-state index in [1.807, 2.05) is 11.9 Å². The molecule has 0 aliphatic carbocycles. The molecule has 0 amide bonds. The van der Waals surface area contributed by atoms with Crippen molar-refractivity contribution >= 4 is 0 Å². The number of nitrogens with zero attached hydrogens (tertiary/aromatic N) is 2. The molecule has 0 aromatic heterocycles. The van der Waals surface area contributed by atoms with E-state index in [0.717, 1.165) is 0 Å². The molecule has 0 N–H and O–H groups in total. The first-order valence-electron chi connectivity index (χ1n) is 4.41. The molecule has 2 nitrogen and oxygen atoms in total. The van der Waals surface area contributed by atoms with Crippen LogP contribution in [0.25, 0.3) is 0 Å². The van der Waals surface area contributed by atoms with Gasteiger partial charge in [0.1, 0.15) is 0 Å². The SMILES string of the molecule is CN1C=CC2(C1)CN(C)CC2(F)F. The molecule has 1 saturated heterocycles. The second-order valence-electron chi connectivity index (χ2n) is 4.26. The van der Waals surface area contributed by atoms with E-state index in [2.05, 4.69) is 0 Å². The molecule has 13 heavy (non-hydrogen) atoms. The quantitative estimate of drug-likeness (QED) is 0.560. The van der Waals surface area contributed by atoms with Gasteiger partial charge in [-0.15, -0.1) is 0 Å². The van der Waals surface area contributed by atoms with Gasteiger partial charge in [-0.25, -0.2) is 8.78 Å². The molecule has 1 fully saturated rings. The van der Waals surface area contributed by atoms with Gasteiger partial charge in [0.15, 0.2) is 0 Å². The van der Waals surface area contributed by atoms with Gasteiger partial charge >= 0.3 is 0 Å². The first-order chi connectivity index (χ1) is 5.95. The van der Waals surface area contributed by atoms with Crippen LogP contribution in [0.5, 0.6) is 0 Å². The highest BCUT2D eigenvalue weighted by atomic mass is 19.3. The zero-order valence-electron chi connectivity index (χ0n) is 7.93. The van der Waals surface area contributed by atoms with Gasteiger partial charge in [0, 0.05) is 20.1 Å². The van der Waals surface area contributed by atoms with Crippen LogP contribution in [0.2, 0.25) is 0 Å². The lowest BCUT2D eigenvalue weighted by Gasteiger charge is -2.28. The van der Waals surface area contributed by atoms with Crippen LogP contribution in [0.1, 0.15) is 0 Å². The van der Waals surface area contributed by atoms with Crippen LogP contribution in [0.4, 0.5) is 8.78 Å². The largest absolute Gasteiger partial charge is 0.380 e. The van der Waals surface area contributed by atoms with E-state index in [1.165, 1.54) is 0 Å². The molecule has 1 unspecified atom stereocenters. The fourth-order valence-corrected chi connectivity index (χ4v) is 2.31. The Bertz CT molecular complexity index is 252. The monoisotopic (exact) mass is 188 g/mol. The summed E-state index contributed by atoms with van der Waals surface area (Å²) in [6, 6.07) is 0. The molecule has 0 aromatic carbocycles. The number of hydrogen-bond acceptors (Lipinski definition) is 2. The van der Waals surface area contributed by atoms with E-state index in [0.29, 0.717) is 13.1 Å². The third kappa shape index (κ3) is 1.15. The average molecular weight is 188 g/mol. The Morgan fingerprint density at radius 2 is 1.85 bits per heavy atom. The van der Waals surface area contributed by atoms with Crippen LogP contribution < -0.4 is 0 Å². The molecular formula is C9H14F2N2. The molecule has 74 valence electrons.